The quantitative estimate of drug-likeness (QED) is 0.553. The van der Waals surface area contributed by atoms with E-state index < -0.39 is 6.43 Å². The van der Waals surface area contributed by atoms with Gasteiger partial charge in [-0.3, -0.25) is 9.20 Å². The van der Waals surface area contributed by atoms with Crippen molar-refractivity contribution in [2.24, 2.45) is 0 Å². The van der Waals surface area contributed by atoms with Crippen LogP contribution < -0.4 is 15.0 Å². The number of ether oxygens (including phenoxy) is 1. The number of aromatic nitrogens is 2. The third kappa shape index (κ3) is 4.50. The van der Waals surface area contributed by atoms with Crippen molar-refractivity contribution >= 4 is 29.0 Å². The number of nitrogens with zero attached hydrogens (tertiary/aromatic N) is 3. The predicted octanol–water partition coefficient (Wildman–Crippen LogP) is 5.11. The van der Waals surface area contributed by atoms with Crippen molar-refractivity contribution in [1.82, 2.24) is 14.7 Å². The van der Waals surface area contributed by atoms with Crippen LogP contribution in [0.1, 0.15) is 48.2 Å². The van der Waals surface area contributed by atoms with Gasteiger partial charge in [0, 0.05) is 25.3 Å². The highest BCUT2D eigenvalue weighted by Gasteiger charge is 2.27. The number of hydrogen-bond donors (Lipinski definition) is 1. The molecular weight excluding hydrogens is 438 g/mol. The van der Waals surface area contributed by atoms with Crippen LogP contribution in [0.25, 0.3) is 5.65 Å². The minimum absolute atomic E-state index is 0.0554. The highest BCUT2D eigenvalue weighted by molar-refractivity contribution is 6.34. The fourth-order valence-corrected chi connectivity index (χ4v) is 4.53. The topological polar surface area (TPSA) is 58.9 Å². The number of carbonyl (C=O) groups is 1. The van der Waals surface area contributed by atoms with Gasteiger partial charge in [0.15, 0.2) is 0 Å². The maximum Gasteiger partial charge on any atom is 0.281 e. The summed E-state index contributed by atoms with van der Waals surface area (Å²) in [6.45, 7) is 0. The molecule has 0 radical (unpaired) electrons. The number of nitrogens with one attached hydrogen (secondary N) is 1. The molecule has 0 atom stereocenters. The van der Waals surface area contributed by atoms with Crippen LogP contribution in [0.2, 0.25) is 5.02 Å². The van der Waals surface area contributed by atoms with Crippen LogP contribution in [0.3, 0.4) is 0 Å². The maximum atomic E-state index is 13.1. The number of pyridine rings is 1. The highest BCUT2D eigenvalue weighted by Crippen LogP contribution is 2.29. The number of anilines is 1. The van der Waals surface area contributed by atoms with E-state index in [1.165, 1.54) is 6.20 Å². The summed E-state index contributed by atoms with van der Waals surface area (Å²) < 4.78 is 33.0. The van der Waals surface area contributed by atoms with Crippen LogP contribution in [0.15, 0.2) is 42.6 Å². The molecule has 1 aliphatic carbocycles. The zero-order chi connectivity index (χ0) is 22.8. The summed E-state index contributed by atoms with van der Waals surface area (Å²) in [5.74, 6) is 1.22. The van der Waals surface area contributed by atoms with Gasteiger partial charge in [0.2, 0.25) is 0 Å². The molecule has 1 aliphatic rings. The zero-order valence-corrected chi connectivity index (χ0v) is 18.6. The van der Waals surface area contributed by atoms with E-state index >= 15 is 0 Å². The third-order valence-corrected chi connectivity index (χ3v) is 6.39. The first-order valence-corrected chi connectivity index (χ1v) is 10.9. The van der Waals surface area contributed by atoms with Crippen molar-refractivity contribution in [3.8, 4) is 5.75 Å². The molecule has 0 aliphatic heterocycles. The standard InChI is InChI=1S/C23H25ClF2N4O2/c1-29(21-5-3-4-20-28-19(22(25)26)13-30(20)21)15-8-6-14(7-9-15)27-23(31)17-11-10-16(32-2)12-18(17)24/h3-5,10-15,22H,6-9H2,1-2H3,(H,27,31). The number of halogens is 3. The molecule has 1 N–H and O–H groups in total. The normalized spacial score (nSPS) is 18.7. The summed E-state index contributed by atoms with van der Waals surface area (Å²) in [4.78, 5) is 18.8. The van der Waals surface area contributed by atoms with Crippen LogP contribution in [-0.2, 0) is 0 Å². The SMILES string of the molecule is COc1ccc(C(=O)NC2CCC(N(C)c3cccc4nc(C(F)F)cn34)CC2)c(Cl)c1. The van der Waals surface area contributed by atoms with Gasteiger partial charge < -0.3 is 15.0 Å². The summed E-state index contributed by atoms with van der Waals surface area (Å²) >= 11 is 6.22. The van der Waals surface area contributed by atoms with E-state index in [-0.39, 0.29) is 23.7 Å². The molecule has 0 bridgehead atoms. The smallest absolute Gasteiger partial charge is 0.281 e. The van der Waals surface area contributed by atoms with Crippen LogP contribution in [0, 0.1) is 0 Å². The molecule has 3 aromatic rings. The van der Waals surface area contributed by atoms with Gasteiger partial charge in [0.1, 0.15) is 22.9 Å². The average molecular weight is 463 g/mol. The molecule has 1 saturated carbocycles. The molecule has 6 nitrogen and oxygen atoms in total. The van der Waals surface area contributed by atoms with Crippen LogP contribution in [-0.4, -0.2) is 41.5 Å². The molecule has 0 saturated heterocycles. The number of methoxy groups -OCH3 is 1. The molecule has 32 heavy (non-hydrogen) atoms. The molecular formula is C23H25ClF2N4O2. The van der Waals surface area contributed by atoms with E-state index in [4.69, 9.17) is 16.3 Å². The van der Waals surface area contributed by atoms with Gasteiger partial charge >= 0.3 is 0 Å². The Hall–Kier alpha value is -2.87. The van der Waals surface area contributed by atoms with E-state index in [1.807, 2.05) is 19.2 Å². The van der Waals surface area contributed by atoms with E-state index in [0.717, 1.165) is 31.5 Å². The van der Waals surface area contributed by atoms with Gasteiger partial charge in [-0.1, -0.05) is 17.7 Å². The number of alkyl halides is 2. The number of imidazole rings is 1. The van der Waals surface area contributed by atoms with E-state index in [2.05, 4.69) is 15.2 Å². The molecule has 0 unspecified atom stereocenters. The molecule has 0 spiro atoms. The van der Waals surface area contributed by atoms with Crippen LogP contribution >= 0.6 is 11.6 Å². The van der Waals surface area contributed by atoms with Crippen molar-refractivity contribution in [1.29, 1.82) is 0 Å². The molecule has 170 valence electrons. The summed E-state index contributed by atoms with van der Waals surface area (Å²) in [7, 11) is 3.52. The number of rotatable bonds is 6. The summed E-state index contributed by atoms with van der Waals surface area (Å²) in [6.07, 6.45) is 2.16. The monoisotopic (exact) mass is 462 g/mol. The average Bonchev–Trinajstić information content (AvgIpc) is 3.24. The minimum atomic E-state index is -2.61. The van der Waals surface area contributed by atoms with Gasteiger partial charge in [-0.25, -0.2) is 13.8 Å². The van der Waals surface area contributed by atoms with Gasteiger partial charge in [-0.05, 0) is 56.0 Å². The fraction of sp³-hybridized carbons (Fsp3) is 0.391. The summed E-state index contributed by atoms with van der Waals surface area (Å²) in [5.41, 5.74) is 0.699. The second kappa shape index (κ2) is 9.32. The first-order valence-electron chi connectivity index (χ1n) is 10.5. The lowest BCUT2D eigenvalue weighted by molar-refractivity contribution is 0.0926. The highest BCUT2D eigenvalue weighted by atomic mass is 35.5. The Morgan fingerprint density at radius 3 is 2.66 bits per heavy atom. The Labute approximate surface area is 190 Å². The third-order valence-electron chi connectivity index (χ3n) is 6.07. The maximum absolute atomic E-state index is 13.1. The number of benzene rings is 1. The number of fused-ring (bicyclic) bond motifs is 1. The predicted molar refractivity (Wildman–Crippen MR) is 120 cm³/mol. The summed E-state index contributed by atoms with van der Waals surface area (Å²) in [5, 5.41) is 3.43. The summed E-state index contributed by atoms with van der Waals surface area (Å²) in [6, 6.07) is 10.7. The fourth-order valence-electron chi connectivity index (χ4n) is 4.27. The Bertz CT molecular complexity index is 1110. The Morgan fingerprint density at radius 2 is 2.00 bits per heavy atom. The van der Waals surface area contributed by atoms with Gasteiger partial charge in [-0.15, -0.1) is 0 Å². The minimum Gasteiger partial charge on any atom is -0.497 e. The Kier molecular flexibility index (Phi) is 6.50. The second-order valence-corrected chi connectivity index (χ2v) is 8.42. The number of hydrogen-bond acceptors (Lipinski definition) is 4. The van der Waals surface area contributed by atoms with Crippen molar-refractivity contribution < 1.29 is 18.3 Å². The van der Waals surface area contributed by atoms with Crippen molar-refractivity contribution in [2.45, 2.75) is 44.2 Å². The lowest BCUT2D eigenvalue weighted by Gasteiger charge is -2.36. The molecule has 1 aromatic carbocycles. The first-order chi connectivity index (χ1) is 15.4. The van der Waals surface area contributed by atoms with Crippen LogP contribution in [0.4, 0.5) is 14.6 Å². The first kappa shape index (κ1) is 22.3. The van der Waals surface area contributed by atoms with Crippen LogP contribution in [0.5, 0.6) is 5.75 Å². The Balaban J connectivity index is 1.39. The van der Waals surface area contributed by atoms with Crippen molar-refractivity contribution in [3.63, 3.8) is 0 Å². The largest absolute Gasteiger partial charge is 0.497 e. The lowest BCUT2D eigenvalue weighted by atomic mass is 9.90. The Morgan fingerprint density at radius 1 is 1.25 bits per heavy atom. The van der Waals surface area contributed by atoms with Crippen molar-refractivity contribution in [2.75, 3.05) is 19.1 Å². The number of amides is 1. The van der Waals surface area contributed by atoms with Gasteiger partial charge in [0.05, 0.1) is 17.7 Å². The van der Waals surface area contributed by atoms with E-state index in [0.29, 0.717) is 22.0 Å². The second-order valence-electron chi connectivity index (χ2n) is 8.01. The molecule has 1 fully saturated rings. The van der Waals surface area contributed by atoms with E-state index in [9.17, 15) is 13.6 Å². The molecule has 2 heterocycles. The van der Waals surface area contributed by atoms with Gasteiger partial charge in [0.25, 0.3) is 12.3 Å². The van der Waals surface area contributed by atoms with Gasteiger partial charge in [-0.2, -0.15) is 0 Å². The number of carbonyl (C=O) groups excluding carboxylic acids is 1. The molecule has 4 rings (SSSR count). The lowest BCUT2D eigenvalue weighted by Crippen LogP contribution is -2.43. The molecule has 9 heteroatoms. The molecule has 2 aromatic heterocycles. The van der Waals surface area contributed by atoms with E-state index in [1.54, 1.807) is 35.8 Å². The molecule has 1 amide bonds. The zero-order valence-electron chi connectivity index (χ0n) is 17.9. The van der Waals surface area contributed by atoms with Crippen molar-refractivity contribution in [3.05, 3.63) is 58.9 Å².